The van der Waals surface area contributed by atoms with Crippen LogP contribution in [0.4, 0.5) is 0 Å². The Morgan fingerprint density at radius 1 is 1.53 bits per heavy atom. The minimum absolute atomic E-state index is 0.00671. The Bertz CT molecular complexity index is 250. The predicted octanol–water partition coefficient (Wildman–Crippen LogP) is 1.91. The first-order chi connectivity index (χ1) is 7.31. The van der Waals surface area contributed by atoms with Gasteiger partial charge in [0.25, 0.3) is 0 Å². The zero-order valence-electron chi connectivity index (χ0n) is 8.79. The molecule has 15 heavy (non-hydrogen) atoms. The standard InChI is InChI=1S/C11H15BrO3/c1-2-15-11(13)10-14-9-7-5-3-4-6-8-12/h4,6H,2,7-10H2,1H3. The van der Waals surface area contributed by atoms with Crippen molar-refractivity contribution in [3.05, 3.63) is 12.2 Å². The lowest BCUT2D eigenvalue weighted by Crippen LogP contribution is -2.12. The molecule has 0 saturated carbocycles. The van der Waals surface area contributed by atoms with Crippen molar-refractivity contribution in [3.63, 3.8) is 0 Å². The first-order valence-corrected chi connectivity index (χ1v) is 5.86. The number of halogens is 1. The molecule has 0 aliphatic heterocycles. The van der Waals surface area contributed by atoms with E-state index < -0.39 is 0 Å². The van der Waals surface area contributed by atoms with Crippen molar-refractivity contribution in [2.75, 3.05) is 25.2 Å². The average molecular weight is 275 g/mol. The molecule has 0 fully saturated rings. The first-order valence-electron chi connectivity index (χ1n) is 4.74. The first kappa shape index (κ1) is 14.2. The third-order valence-electron chi connectivity index (χ3n) is 1.29. The second kappa shape index (κ2) is 11.3. The summed E-state index contributed by atoms with van der Waals surface area (Å²) >= 11 is 3.24. The number of ether oxygens (including phenoxy) is 2. The molecular formula is C11H15BrO3. The molecule has 0 rings (SSSR count). The molecule has 0 radical (unpaired) electrons. The highest BCUT2D eigenvalue weighted by molar-refractivity contribution is 9.09. The summed E-state index contributed by atoms with van der Waals surface area (Å²) in [4.78, 5) is 10.8. The van der Waals surface area contributed by atoms with Crippen molar-refractivity contribution in [1.29, 1.82) is 0 Å². The van der Waals surface area contributed by atoms with Crippen molar-refractivity contribution in [3.8, 4) is 11.8 Å². The number of rotatable bonds is 6. The van der Waals surface area contributed by atoms with E-state index in [1.807, 2.05) is 6.08 Å². The van der Waals surface area contributed by atoms with Crippen LogP contribution < -0.4 is 0 Å². The van der Waals surface area contributed by atoms with E-state index >= 15 is 0 Å². The van der Waals surface area contributed by atoms with Crippen LogP contribution in [0.25, 0.3) is 0 Å². The quantitative estimate of drug-likeness (QED) is 0.321. The maximum absolute atomic E-state index is 10.8. The largest absolute Gasteiger partial charge is 0.464 e. The van der Waals surface area contributed by atoms with E-state index in [2.05, 4.69) is 32.5 Å². The van der Waals surface area contributed by atoms with Crippen molar-refractivity contribution in [2.24, 2.45) is 0 Å². The minimum atomic E-state index is -0.329. The molecule has 0 aromatic carbocycles. The average Bonchev–Trinajstić information content (AvgIpc) is 2.22. The number of carbonyl (C=O) groups is 1. The molecule has 0 unspecified atom stereocenters. The van der Waals surface area contributed by atoms with Crippen LogP contribution in [0.3, 0.4) is 0 Å². The second-order valence-corrected chi connectivity index (χ2v) is 3.13. The number of carbonyl (C=O) groups excluding carboxylic acids is 1. The van der Waals surface area contributed by atoms with Gasteiger partial charge in [0.2, 0.25) is 0 Å². The van der Waals surface area contributed by atoms with Crippen LogP contribution in [0.1, 0.15) is 13.3 Å². The molecule has 0 heterocycles. The molecule has 0 aromatic heterocycles. The zero-order valence-corrected chi connectivity index (χ0v) is 10.4. The van der Waals surface area contributed by atoms with E-state index in [1.165, 1.54) is 0 Å². The molecule has 0 saturated heterocycles. The summed E-state index contributed by atoms with van der Waals surface area (Å²) in [6, 6.07) is 0. The Morgan fingerprint density at radius 3 is 3.00 bits per heavy atom. The molecule has 0 aliphatic carbocycles. The Balaban J connectivity index is 3.34. The van der Waals surface area contributed by atoms with Crippen molar-refractivity contribution in [2.45, 2.75) is 13.3 Å². The Morgan fingerprint density at radius 2 is 2.33 bits per heavy atom. The van der Waals surface area contributed by atoms with Crippen molar-refractivity contribution in [1.82, 2.24) is 0 Å². The summed E-state index contributed by atoms with van der Waals surface area (Å²) in [5, 5.41) is 0.807. The van der Waals surface area contributed by atoms with Gasteiger partial charge in [-0.25, -0.2) is 4.79 Å². The van der Waals surface area contributed by atoms with Crippen LogP contribution in [0, 0.1) is 11.8 Å². The fourth-order valence-electron chi connectivity index (χ4n) is 0.716. The molecule has 0 aromatic rings. The van der Waals surface area contributed by atoms with Crippen LogP contribution in [0.15, 0.2) is 12.2 Å². The smallest absolute Gasteiger partial charge is 0.332 e. The van der Waals surface area contributed by atoms with E-state index in [9.17, 15) is 4.79 Å². The highest BCUT2D eigenvalue weighted by Crippen LogP contribution is 1.85. The van der Waals surface area contributed by atoms with Gasteiger partial charge in [-0.15, -0.1) is 0 Å². The summed E-state index contributed by atoms with van der Waals surface area (Å²) < 4.78 is 9.73. The van der Waals surface area contributed by atoms with Crippen LogP contribution in [0.2, 0.25) is 0 Å². The molecule has 0 spiro atoms. The second-order valence-electron chi connectivity index (χ2n) is 2.49. The molecule has 84 valence electrons. The fourth-order valence-corrected chi connectivity index (χ4v) is 0.903. The Kier molecular flexibility index (Phi) is 10.7. The molecular weight excluding hydrogens is 260 g/mol. The van der Waals surface area contributed by atoms with Gasteiger partial charge in [0.1, 0.15) is 6.61 Å². The number of alkyl halides is 1. The van der Waals surface area contributed by atoms with Gasteiger partial charge in [-0.1, -0.05) is 33.8 Å². The van der Waals surface area contributed by atoms with E-state index in [1.54, 1.807) is 13.0 Å². The lowest BCUT2D eigenvalue weighted by Gasteiger charge is -2.00. The Hall–Kier alpha value is -0.790. The minimum Gasteiger partial charge on any atom is -0.464 e. The van der Waals surface area contributed by atoms with Crippen LogP contribution in [-0.2, 0) is 14.3 Å². The van der Waals surface area contributed by atoms with Crippen LogP contribution in [0.5, 0.6) is 0 Å². The van der Waals surface area contributed by atoms with Gasteiger partial charge in [0.05, 0.1) is 13.2 Å². The van der Waals surface area contributed by atoms with Crippen molar-refractivity contribution >= 4 is 21.9 Å². The topological polar surface area (TPSA) is 35.5 Å². The maximum atomic E-state index is 10.8. The molecule has 0 atom stereocenters. The lowest BCUT2D eigenvalue weighted by molar-refractivity contribution is -0.148. The summed E-state index contributed by atoms with van der Waals surface area (Å²) in [5.74, 6) is 5.40. The summed E-state index contributed by atoms with van der Waals surface area (Å²) in [6.07, 6.45) is 4.30. The molecule has 0 aliphatic rings. The highest BCUT2D eigenvalue weighted by atomic mass is 79.9. The number of hydrogen-bond acceptors (Lipinski definition) is 3. The fraction of sp³-hybridized carbons (Fsp3) is 0.545. The third-order valence-corrected chi connectivity index (χ3v) is 1.66. The zero-order chi connectivity index (χ0) is 11.4. The molecule has 0 amide bonds. The normalized spacial score (nSPS) is 9.73. The summed E-state index contributed by atoms with van der Waals surface area (Å²) in [6.45, 7) is 2.61. The lowest BCUT2D eigenvalue weighted by atomic mass is 10.4. The molecule has 4 heteroatoms. The van der Waals surface area contributed by atoms with Crippen LogP contribution in [-0.4, -0.2) is 31.1 Å². The van der Waals surface area contributed by atoms with Crippen molar-refractivity contribution < 1.29 is 14.3 Å². The summed E-state index contributed by atoms with van der Waals surface area (Å²) in [7, 11) is 0. The third kappa shape index (κ3) is 11.1. The number of allylic oxidation sites excluding steroid dienone is 2. The summed E-state index contributed by atoms with van der Waals surface area (Å²) in [5.41, 5.74) is 0. The van der Waals surface area contributed by atoms with E-state index in [0.717, 1.165) is 5.33 Å². The van der Waals surface area contributed by atoms with E-state index in [4.69, 9.17) is 4.74 Å². The number of hydrogen-bond donors (Lipinski definition) is 0. The van der Waals surface area contributed by atoms with Gasteiger partial charge in [-0.2, -0.15) is 0 Å². The van der Waals surface area contributed by atoms with Gasteiger partial charge < -0.3 is 9.47 Å². The Labute approximate surface area is 99.0 Å². The number of esters is 1. The molecule has 0 N–H and O–H groups in total. The van der Waals surface area contributed by atoms with Gasteiger partial charge >= 0.3 is 5.97 Å². The SMILES string of the molecule is CCOC(=O)COCCC#CC=CCBr. The maximum Gasteiger partial charge on any atom is 0.332 e. The van der Waals surface area contributed by atoms with Crippen LogP contribution >= 0.6 is 15.9 Å². The predicted molar refractivity (Wildman–Crippen MR) is 62.8 cm³/mol. The monoisotopic (exact) mass is 274 g/mol. The highest BCUT2D eigenvalue weighted by Gasteiger charge is 1.99. The van der Waals surface area contributed by atoms with Gasteiger partial charge in [0, 0.05) is 11.8 Å². The van der Waals surface area contributed by atoms with Gasteiger partial charge in [-0.3, -0.25) is 0 Å². The molecule has 0 bridgehead atoms. The van der Waals surface area contributed by atoms with Gasteiger partial charge in [-0.05, 0) is 13.0 Å². The molecule has 3 nitrogen and oxygen atoms in total. The van der Waals surface area contributed by atoms with E-state index in [0.29, 0.717) is 19.6 Å². The van der Waals surface area contributed by atoms with Gasteiger partial charge in [0.15, 0.2) is 0 Å². The van der Waals surface area contributed by atoms with E-state index in [-0.39, 0.29) is 12.6 Å².